The van der Waals surface area contributed by atoms with E-state index in [4.69, 9.17) is 10.5 Å². The van der Waals surface area contributed by atoms with Crippen LogP contribution in [0.3, 0.4) is 0 Å². The van der Waals surface area contributed by atoms with Crippen LogP contribution in [0.15, 0.2) is 18.2 Å². The standard InChI is InChI=1S/C13H10N2O/c1-13(2,16)6-5-10-3-4-11(8-14)12(7-10)9-15/h3-4,7,16H,1-2H3. The van der Waals surface area contributed by atoms with Crippen molar-refractivity contribution in [3.8, 4) is 24.0 Å². The van der Waals surface area contributed by atoms with E-state index in [1.807, 2.05) is 12.1 Å². The maximum absolute atomic E-state index is 9.42. The number of aliphatic hydroxyl groups is 1. The van der Waals surface area contributed by atoms with Crippen LogP contribution in [0.2, 0.25) is 0 Å². The Morgan fingerprint density at radius 2 is 1.75 bits per heavy atom. The van der Waals surface area contributed by atoms with Gasteiger partial charge in [-0.3, -0.25) is 0 Å². The Morgan fingerprint density at radius 3 is 2.25 bits per heavy atom. The van der Waals surface area contributed by atoms with E-state index in [1.165, 1.54) is 6.07 Å². The first-order valence-corrected chi connectivity index (χ1v) is 4.66. The topological polar surface area (TPSA) is 67.8 Å². The summed E-state index contributed by atoms with van der Waals surface area (Å²) < 4.78 is 0. The summed E-state index contributed by atoms with van der Waals surface area (Å²) in [5.74, 6) is 5.39. The number of rotatable bonds is 0. The molecule has 0 saturated carbocycles. The predicted octanol–water partition coefficient (Wildman–Crippen LogP) is 1.55. The maximum Gasteiger partial charge on any atom is 0.120 e. The van der Waals surface area contributed by atoms with Gasteiger partial charge in [0.15, 0.2) is 0 Å². The lowest BCUT2D eigenvalue weighted by molar-refractivity contribution is 0.143. The molecule has 0 bridgehead atoms. The van der Waals surface area contributed by atoms with Crippen LogP contribution in [0.1, 0.15) is 30.5 Å². The molecule has 0 radical (unpaired) electrons. The number of benzene rings is 1. The molecule has 1 aromatic rings. The molecule has 0 aliphatic rings. The average Bonchev–Trinajstić information content (AvgIpc) is 2.25. The van der Waals surface area contributed by atoms with Crippen molar-refractivity contribution in [3.63, 3.8) is 0 Å². The van der Waals surface area contributed by atoms with Crippen LogP contribution in [0.25, 0.3) is 0 Å². The molecule has 0 fully saturated rings. The van der Waals surface area contributed by atoms with E-state index in [-0.39, 0.29) is 0 Å². The fourth-order valence-corrected chi connectivity index (χ4v) is 1.04. The van der Waals surface area contributed by atoms with Gasteiger partial charge in [-0.15, -0.1) is 0 Å². The minimum Gasteiger partial charge on any atom is -0.378 e. The second kappa shape index (κ2) is 4.49. The van der Waals surface area contributed by atoms with Crippen LogP contribution in [0.5, 0.6) is 0 Å². The highest BCUT2D eigenvalue weighted by Gasteiger charge is 2.06. The number of hydrogen-bond donors (Lipinski definition) is 1. The van der Waals surface area contributed by atoms with Gasteiger partial charge in [-0.1, -0.05) is 11.8 Å². The number of nitrogens with zero attached hydrogens (tertiary/aromatic N) is 2. The van der Waals surface area contributed by atoms with Gasteiger partial charge in [0.1, 0.15) is 17.7 Å². The van der Waals surface area contributed by atoms with Gasteiger partial charge in [0.2, 0.25) is 0 Å². The molecule has 1 rings (SSSR count). The molecule has 0 atom stereocenters. The van der Waals surface area contributed by atoms with Gasteiger partial charge in [0.05, 0.1) is 11.1 Å². The largest absolute Gasteiger partial charge is 0.378 e. The van der Waals surface area contributed by atoms with Crippen LogP contribution < -0.4 is 0 Å². The third-order valence-electron chi connectivity index (χ3n) is 1.77. The number of hydrogen-bond acceptors (Lipinski definition) is 3. The smallest absolute Gasteiger partial charge is 0.120 e. The Bertz CT molecular complexity index is 543. The van der Waals surface area contributed by atoms with Crippen molar-refractivity contribution in [2.24, 2.45) is 0 Å². The van der Waals surface area contributed by atoms with Gasteiger partial charge in [-0.25, -0.2) is 0 Å². The molecule has 78 valence electrons. The summed E-state index contributed by atoms with van der Waals surface area (Å²) in [7, 11) is 0. The quantitative estimate of drug-likeness (QED) is 0.660. The summed E-state index contributed by atoms with van der Waals surface area (Å²) in [6.45, 7) is 3.16. The molecule has 0 aliphatic carbocycles. The monoisotopic (exact) mass is 210 g/mol. The van der Waals surface area contributed by atoms with Gasteiger partial charge in [0.25, 0.3) is 0 Å². The van der Waals surface area contributed by atoms with Crippen molar-refractivity contribution in [2.45, 2.75) is 19.4 Å². The molecule has 0 unspecified atom stereocenters. The van der Waals surface area contributed by atoms with Crippen molar-refractivity contribution < 1.29 is 5.11 Å². The molecule has 0 aliphatic heterocycles. The number of nitriles is 2. The zero-order valence-electron chi connectivity index (χ0n) is 9.07. The van der Waals surface area contributed by atoms with E-state index in [1.54, 1.807) is 26.0 Å². The Kier molecular flexibility index (Phi) is 3.31. The van der Waals surface area contributed by atoms with Crippen molar-refractivity contribution in [1.82, 2.24) is 0 Å². The van der Waals surface area contributed by atoms with Crippen LogP contribution in [0.4, 0.5) is 0 Å². The Labute approximate surface area is 94.6 Å². The minimum atomic E-state index is -1.07. The molecular weight excluding hydrogens is 200 g/mol. The van der Waals surface area contributed by atoms with E-state index in [0.717, 1.165) is 0 Å². The van der Waals surface area contributed by atoms with Crippen molar-refractivity contribution in [2.75, 3.05) is 0 Å². The van der Waals surface area contributed by atoms with Gasteiger partial charge >= 0.3 is 0 Å². The first-order valence-electron chi connectivity index (χ1n) is 4.66. The highest BCUT2D eigenvalue weighted by atomic mass is 16.3. The highest BCUT2D eigenvalue weighted by molar-refractivity contribution is 5.51. The third kappa shape index (κ3) is 3.14. The van der Waals surface area contributed by atoms with Gasteiger partial charge in [-0.05, 0) is 32.0 Å². The van der Waals surface area contributed by atoms with Crippen LogP contribution in [-0.2, 0) is 0 Å². The SMILES string of the molecule is CC(C)(O)C#Cc1ccc(C#N)c(C#N)c1. The molecular formula is C13H10N2O. The van der Waals surface area contributed by atoms with E-state index < -0.39 is 5.60 Å². The van der Waals surface area contributed by atoms with Crippen LogP contribution in [-0.4, -0.2) is 10.7 Å². The minimum absolute atomic E-state index is 0.296. The average molecular weight is 210 g/mol. The molecule has 0 heterocycles. The molecule has 16 heavy (non-hydrogen) atoms. The van der Waals surface area contributed by atoms with Crippen LogP contribution in [0, 0.1) is 34.5 Å². The Balaban J connectivity index is 3.16. The lowest BCUT2D eigenvalue weighted by atomic mass is 10.0. The first-order chi connectivity index (χ1) is 7.46. The summed E-state index contributed by atoms with van der Waals surface area (Å²) in [5, 5.41) is 26.9. The maximum atomic E-state index is 9.42. The normalized spacial score (nSPS) is 9.56. The van der Waals surface area contributed by atoms with Crippen LogP contribution >= 0.6 is 0 Å². The molecule has 0 saturated heterocycles. The van der Waals surface area contributed by atoms with E-state index >= 15 is 0 Å². The van der Waals surface area contributed by atoms with Gasteiger partial charge < -0.3 is 5.11 Å². The molecule has 1 N–H and O–H groups in total. The Hall–Kier alpha value is -2.28. The third-order valence-corrected chi connectivity index (χ3v) is 1.77. The summed E-state index contributed by atoms with van der Waals surface area (Å²) in [4.78, 5) is 0. The zero-order valence-corrected chi connectivity index (χ0v) is 9.07. The van der Waals surface area contributed by atoms with Gasteiger partial charge in [0, 0.05) is 5.56 Å². The predicted molar refractivity (Wildman–Crippen MR) is 59.0 cm³/mol. The fraction of sp³-hybridized carbons (Fsp3) is 0.231. The van der Waals surface area contributed by atoms with Gasteiger partial charge in [-0.2, -0.15) is 10.5 Å². The van der Waals surface area contributed by atoms with Crippen molar-refractivity contribution in [1.29, 1.82) is 10.5 Å². The lowest BCUT2D eigenvalue weighted by Crippen LogP contribution is -2.14. The summed E-state index contributed by atoms with van der Waals surface area (Å²) >= 11 is 0. The van der Waals surface area contributed by atoms with E-state index in [2.05, 4.69) is 11.8 Å². The molecule has 0 amide bonds. The molecule has 3 nitrogen and oxygen atoms in total. The summed E-state index contributed by atoms with van der Waals surface area (Å²) in [6.07, 6.45) is 0. The van der Waals surface area contributed by atoms with E-state index in [9.17, 15) is 5.11 Å². The highest BCUT2D eigenvalue weighted by Crippen LogP contribution is 2.09. The molecule has 0 spiro atoms. The zero-order chi connectivity index (χ0) is 12.2. The lowest BCUT2D eigenvalue weighted by Gasteiger charge is -2.05. The fourth-order valence-electron chi connectivity index (χ4n) is 1.04. The molecule has 0 aromatic heterocycles. The van der Waals surface area contributed by atoms with E-state index in [0.29, 0.717) is 16.7 Å². The summed E-state index contributed by atoms with van der Waals surface area (Å²) in [5.41, 5.74) is 0.166. The Morgan fingerprint density at radius 1 is 1.12 bits per heavy atom. The first kappa shape index (κ1) is 11.8. The molecule has 1 aromatic carbocycles. The summed E-state index contributed by atoms with van der Waals surface area (Å²) in [6, 6.07) is 8.60. The van der Waals surface area contributed by atoms with Crippen molar-refractivity contribution >= 4 is 0 Å². The second-order valence-corrected chi connectivity index (χ2v) is 3.79. The van der Waals surface area contributed by atoms with Crippen molar-refractivity contribution in [3.05, 3.63) is 34.9 Å². The molecule has 3 heteroatoms. The second-order valence-electron chi connectivity index (χ2n) is 3.79.